The molecule has 1 heterocycles. The minimum atomic E-state index is -1.10. The molecule has 0 aliphatic carbocycles. The Balaban J connectivity index is 2.25. The molecule has 1 aromatic rings. The Labute approximate surface area is 166 Å². The van der Waals surface area contributed by atoms with Gasteiger partial charge in [-0.2, -0.15) is 0 Å². The van der Waals surface area contributed by atoms with Crippen LogP contribution in [0, 0.1) is 22.5 Å². The third-order valence-corrected chi connectivity index (χ3v) is 4.18. The highest BCUT2D eigenvalue weighted by molar-refractivity contribution is 5.74. The molecule has 4 atom stereocenters. The van der Waals surface area contributed by atoms with E-state index < -0.39 is 47.2 Å². The Bertz CT molecular complexity index is 816. The molecule has 10 nitrogen and oxygen atoms in total. The summed E-state index contributed by atoms with van der Waals surface area (Å²) >= 11 is 0. The van der Waals surface area contributed by atoms with E-state index in [0.29, 0.717) is 0 Å². The Morgan fingerprint density at radius 3 is 2.76 bits per heavy atom. The van der Waals surface area contributed by atoms with Gasteiger partial charge in [-0.05, 0) is 11.6 Å². The molecule has 4 unspecified atom stereocenters. The second-order valence-electron chi connectivity index (χ2n) is 6.31. The van der Waals surface area contributed by atoms with E-state index in [2.05, 4.69) is 10.7 Å². The van der Waals surface area contributed by atoms with Gasteiger partial charge in [-0.1, -0.05) is 6.07 Å². The van der Waals surface area contributed by atoms with Gasteiger partial charge in [0, 0.05) is 32.3 Å². The molecular weight excluding hydrogens is 386 g/mol. The zero-order valence-electron chi connectivity index (χ0n) is 15.9. The lowest BCUT2D eigenvalue weighted by molar-refractivity contribution is -0.386. The summed E-state index contributed by atoms with van der Waals surface area (Å²) < 4.78 is 20.9. The first kappa shape index (κ1) is 22.1. The van der Waals surface area contributed by atoms with E-state index in [-0.39, 0.29) is 30.6 Å². The number of terminal acetylenes is 1. The summed E-state index contributed by atoms with van der Waals surface area (Å²) in [5.41, 5.74) is -0.150. The van der Waals surface area contributed by atoms with Crippen molar-refractivity contribution in [3.8, 4) is 18.1 Å². The van der Waals surface area contributed by atoms with E-state index in [0.717, 1.165) is 6.07 Å². The molecule has 0 radical (unpaired) electrons. The number of rotatable bonds is 7. The van der Waals surface area contributed by atoms with Crippen molar-refractivity contribution in [3.05, 3.63) is 33.9 Å². The molecule has 0 aromatic heterocycles. The largest absolute Gasteiger partial charge is 0.467 e. The first-order chi connectivity index (χ1) is 13.7. The molecule has 0 amide bonds. The summed E-state index contributed by atoms with van der Waals surface area (Å²) in [7, 11) is 1.18. The number of ether oxygens (including phenoxy) is 4. The summed E-state index contributed by atoms with van der Waals surface area (Å²) in [5.74, 6) is 0.918. The number of nitrogens with zero attached hydrogens (tertiary/aromatic N) is 1. The molecule has 2 rings (SSSR count). The number of aliphatic hydroxyl groups is 1. The fourth-order valence-electron chi connectivity index (χ4n) is 2.89. The number of hydrogen-bond acceptors (Lipinski definition) is 9. The molecule has 1 N–H and O–H groups in total. The number of esters is 2. The van der Waals surface area contributed by atoms with Gasteiger partial charge in [0.15, 0.2) is 11.9 Å². The number of aliphatic hydroxyl groups excluding tert-OH is 1. The van der Waals surface area contributed by atoms with Gasteiger partial charge in [0.25, 0.3) is 0 Å². The minimum Gasteiger partial charge on any atom is -0.467 e. The minimum absolute atomic E-state index is 0.00598. The van der Waals surface area contributed by atoms with Gasteiger partial charge in [-0.25, -0.2) is 4.79 Å². The van der Waals surface area contributed by atoms with Crippen LogP contribution < -0.4 is 4.74 Å². The van der Waals surface area contributed by atoms with Crippen molar-refractivity contribution in [3.63, 3.8) is 0 Å². The fourth-order valence-corrected chi connectivity index (χ4v) is 2.89. The van der Waals surface area contributed by atoms with Gasteiger partial charge in [0.1, 0.15) is 6.10 Å². The Morgan fingerprint density at radius 2 is 2.17 bits per heavy atom. The highest BCUT2D eigenvalue weighted by Crippen LogP contribution is 2.34. The average Bonchev–Trinajstić information content (AvgIpc) is 2.66. The Morgan fingerprint density at radius 1 is 1.45 bits per heavy atom. The SMILES string of the molecule is C#CCC(O)c1ccc(OC2CC(OC(C)=O)CC(C(=O)OC)O2)c([N+](=O)[O-])c1. The van der Waals surface area contributed by atoms with Crippen LogP contribution >= 0.6 is 0 Å². The van der Waals surface area contributed by atoms with Gasteiger partial charge in [0.05, 0.1) is 18.1 Å². The molecule has 1 aliphatic heterocycles. The summed E-state index contributed by atoms with van der Waals surface area (Å²) in [5, 5.41) is 21.4. The van der Waals surface area contributed by atoms with Crippen LogP contribution in [-0.2, 0) is 23.8 Å². The fraction of sp³-hybridized carbons (Fsp3) is 0.474. The van der Waals surface area contributed by atoms with Crippen molar-refractivity contribution < 1.29 is 38.6 Å². The third kappa shape index (κ3) is 5.91. The summed E-state index contributed by atoms with van der Waals surface area (Å²) in [4.78, 5) is 33.9. The van der Waals surface area contributed by atoms with E-state index >= 15 is 0 Å². The van der Waals surface area contributed by atoms with Crippen LogP contribution in [0.1, 0.15) is 37.9 Å². The molecule has 1 fully saturated rings. The zero-order chi connectivity index (χ0) is 21.6. The van der Waals surface area contributed by atoms with E-state index in [1.165, 1.54) is 26.2 Å². The number of methoxy groups -OCH3 is 1. The summed E-state index contributed by atoms with van der Waals surface area (Å²) in [6.07, 6.45) is 1.38. The van der Waals surface area contributed by atoms with Crippen molar-refractivity contribution in [1.29, 1.82) is 0 Å². The zero-order valence-corrected chi connectivity index (χ0v) is 15.9. The maximum atomic E-state index is 11.9. The van der Waals surface area contributed by atoms with E-state index in [1.54, 1.807) is 0 Å². The molecule has 29 heavy (non-hydrogen) atoms. The Hall–Kier alpha value is -3.16. The predicted molar refractivity (Wildman–Crippen MR) is 97.6 cm³/mol. The van der Waals surface area contributed by atoms with Crippen molar-refractivity contribution in [2.75, 3.05) is 7.11 Å². The van der Waals surface area contributed by atoms with E-state index in [9.17, 15) is 24.8 Å². The lowest BCUT2D eigenvalue weighted by Crippen LogP contribution is -2.44. The van der Waals surface area contributed by atoms with Crippen LogP contribution in [0.3, 0.4) is 0 Å². The highest BCUT2D eigenvalue weighted by atomic mass is 16.7. The highest BCUT2D eigenvalue weighted by Gasteiger charge is 2.38. The molecule has 0 saturated carbocycles. The topological polar surface area (TPSA) is 134 Å². The van der Waals surface area contributed by atoms with Crippen LogP contribution in [-0.4, -0.2) is 47.6 Å². The van der Waals surface area contributed by atoms with Gasteiger partial charge in [-0.3, -0.25) is 14.9 Å². The van der Waals surface area contributed by atoms with Crippen molar-refractivity contribution in [2.45, 2.75) is 50.8 Å². The van der Waals surface area contributed by atoms with E-state index in [4.69, 9.17) is 20.6 Å². The summed E-state index contributed by atoms with van der Waals surface area (Å²) in [6, 6.07) is 3.90. The van der Waals surface area contributed by atoms with Gasteiger partial charge in [0.2, 0.25) is 6.29 Å². The number of carbonyl (C=O) groups excluding carboxylic acids is 2. The second-order valence-corrected chi connectivity index (χ2v) is 6.31. The smallest absolute Gasteiger partial charge is 0.335 e. The monoisotopic (exact) mass is 407 g/mol. The van der Waals surface area contributed by atoms with Crippen molar-refractivity contribution >= 4 is 17.6 Å². The standard InChI is InChI=1S/C19H21NO9/c1-4-5-15(22)12-6-7-16(14(8-12)20(24)25)28-18-10-13(27-11(2)21)9-17(29-18)19(23)26-3/h1,6-8,13,15,17-18,22H,5,9-10H2,2-3H3. The van der Waals surface area contributed by atoms with Crippen LogP contribution in [0.4, 0.5) is 5.69 Å². The lowest BCUT2D eigenvalue weighted by Gasteiger charge is -2.33. The molecular formula is C19H21NO9. The first-order valence-corrected chi connectivity index (χ1v) is 8.72. The van der Waals surface area contributed by atoms with Crippen molar-refractivity contribution in [1.82, 2.24) is 0 Å². The number of nitro benzene ring substituents is 1. The van der Waals surface area contributed by atoms with Crippen molar-refractivity contribution in [2.24, 2.45) is 0 Å². The molecule has 10 heteroatoms. The number of carbonyl (C=O) groups is 2. The average molecular weight is 407 g/mol. The van der Waals surface area contributed by atoms with Crippen LogP contribution in [0.15, 0.2) is 18.2 Å². The Kier molecular flexibility index (Phi) is 7.52. The summed E-state index contributed by atoms with van der Waals surface area (Å²) in [6.45, 7) is 1.23. The number of benzene rings is 1. The maximum absolute atomic E-state index is 11.9. The normalized spacial score (nSPS) is 22.1. The molecule has 156 valence electrons. The molecule has 1 aromatic carbocycles. The molecule has 0 spiro atoms. The second kappa shape index (κ2) is 9.86. The van der Waals surface area contributed by atoms with Crippen LogP contribution in [0.2, 0.25) is 0 Å². The maximum Gasteiger partial charge on any atom is 0.335 e. The molecule has 0 bridgehead atoms. The van der Waals surface area contributed by atoms with Gasteiger partial charge >= 0.3 is 17.6 Å². The van der Waals surface area contributed by atoms with Gasteiger partial charge in [-0.15, -0.1) is 12.3 Å². The van der Waals surface area contributed by atoms with Gasteiger partial charge < -0.3 is 24.1 Å². The lowest BCUT2D eigenvalue weighted by atomic mass is 10.0. The quantitative estimate of drug-likeness (QED) is 0.310. The van der Waals surface area contributed by atoms with Crippen LogP contribution in [0.5, 0.6) is 5.75 Å². The number of nitro groups is 1. The molecule has 1 aliphatic rings. The molecule has 1 saturated heterocycles. The van der Waals surface area contributed by atoms with Crippen LogP contribution in [0.25, 0.3) is 0 Å². The van der Waals surface area contributed by atoms with E-state index in [1.807, 2.05) is 0 Å². The first-order valence-electron chi connectivity index (χ1n) is 8.72. The number of hydrogen-bond donors (Lipinski definition) is 1. The third-order valence-electron chi connectivity index (χ3n) is 4.18. The predicted octanol–water partition coefficient (Wildman–Crippen LogP) is 1.64.